The quantitative estimate of drug-likeness (QED) is 0.818. The maximum absolute atomic E-state index is 5.45. The predicted octanol–water partition coefficient (Wildman–Crippen LogP) is 1.77. The molecule has 1 heterocycles. The van der Waals surface area contributed by atoms with Crippen LogP contribution in [-0.2, 0) is 6.54 Å². The van der Waals surface area contributed by atoms with Crippen molar-refractivity contribution in [3.05, 3.63) is 23.8 Å². The third-order valence-corrected chi connectivity index (χ3v) is 3.46. The van der Waals surface area contributed by atoms with Gasteiger partial charge < -0.3 is 15.0 Å². The van der Waals surface area contributed by atoms with E-state index in [-0.39, 0.29) is 0 Å². The molecule has 0 aromatic heterocycles. The second-order valence-electron chi connectivity index (χ2n) is 4.56. The van der Waals surface area contributed by atoms with Gasteiger partial charge in [0.15, 0.2) is 0 Å². The third kappa shape index (κ3) is 1.65. The van der Waals surface area contributed by atoms with Crippen LogP contribution in [0.4, 0.5) is 5.69 Å². The van der Waals surface area contributed by atoms with Gasteiger partial charge in [-0.25, -0.2) is 0 Å². The first kappa shape index (κ1) is 9.97. The molecule has 1 fully saturated rings. The van der Waals surface area contributed by atoms with Crippen molar-refractivity contribution in [3.63, 3.8) is 0 Å². The largest absolute Gasteiger partial charge is 0.496 e. The Hall–Kier alpha value is -1.22. The van der Waals surface area contributed by atoms with Crippen molar-refractivity contribution in [2.45, 2.75) is 25.4 Å². The molecule has 3 heteroatoms. The van der Waals surface area contributed by atoms with Crippen LogP contribution in [0.25, 0.3) is 0 Å². The summed E-state index contributed by atoms with van der Waals surface area (Å²) in [5.41, 5.74) is 2.68. The molecule has 86 valence electrons. The van der Waals surface area contributed by atoms with Crippen LogP contribution in [0.3, 0.4) is 0 Å². The number of hydrogen-bond acceptors (Lipinski definition) is 3. The Bertz CT molecular complexity index is 388. The Labute approximate surface area is 96.4 Å². The Morgan fingerprint density at radius 3 is 3.00 bits per heavy atom. The molecule has 0 unspecified atom stereocenters. The van der Waals surface area contributed by atoms with E-state index in [2.05, 4.69) is 28.4 Å². The number of hydrogen-bond donors (Lipinski definition) is 1. The average Bonchev–Trinajstić information content (AvgIpc) is 3.13. The molecule has 0 atom stereocenters. The van der Waals surface area contributed by atoms with Gasteiger partial charge in [0.05, 0.1) is 7.11 Å². The summed E-state index contributed by atoms with van der Waals surface area (Å²) in [4.78, 5) is 2.54. The molecule has 1 aromatic carbocycles. The van der Waals surface area contributed by atoms with Crippen LogP contribution < -0.4 is 15.0 Å². The average molecular weight is 218 g/mol. The van der Waals surface area contributed by atoms with E-state index < -0.39 is 0 Å². The first-order chi connectivity index (χ1) is 7.90. The van der Waals surface area contributed by atoms with E-state index in [1.54, 1.807) is 7.11 Å². The fourth-order valence-electron chi connectivity index (χ4n) is 2.49. The molecule has 1 aliphatic carbocycles. The van der Waals surface area contributed by atoms with Gasteiger partial charge in [-0.3, -0.25) is 0 Å². The Morgan fingerprint density at radius 1 is 1.38 bits per heavy atom. The predicted molar refractivity (Wildman–Crippen MR) is 65.1 cm³/mol. The summed E-state index contributed by atoms with van der Waals surface area (Å²) in [6.45, 7) is 3.10. The van der Waals surface area contributed by atoms with E-state index in [0.717, 1.165) is 31.4 Å². The van der Waals surface area contributed by atoms with Crippen LogP contribution in [0, 0.1) is 0 Å². The van der Waals surface area contributed by atoms with Crippen LogP contribution in [0.5, 0.6) is 5.75 Å². The minimum absolute atomic E-state index is 0.769. The van der Waals surface area contributed by atoms with Crippen molar-refractivity contribution in [1.82, 2.24) is 5.32 Å². The molecule has 3 rings (SSSR count). The van der Waals surface area contributed by atoms with Crippen LogP contribution in [0.1, 0.15) is 18.4 Å². The first-order valence-corrected chi connectivity index (χ1v) is 6.03. The third-order valence-electron chi connectivity index (χ3n) is 3.46. The maximum Gasteiger partial charge on any atom is 0.125 e. The fraction of sp³-hybridized carbons (Fsp3) is 0.538. The fourth-order valence-corrected chi connectivity index (χ4v) is 2.49. The van der Waals surface area contributed by atoms with Gasteiger partial charge in [-0.1, -0.05) is 6.07 Å². The molecule has 0 radical (unpaired) electrons. The lowest BCUT2D eigenvalue weighted by molar-refractivity contribution is 0.408. The summed E-state index contributed by atoms with van der Waals surface area (Å²) in [7, 11) is 1.75. The lowest BCUT2D eigenvalue weighted by atomic mass is 10.1. The Kier molecular flexibility index (Phi) is 2.48. The highest BCUT2D eigenvalue weighted by Gasteiger charge is 2.31. The van der Waals surface area contributed by atoms with Gasteiger partial charge in [-0.2, -0.15) is 0 Å². The number of methoxy groups -OCH3 is 1. The van der Waals surface area contributed by atoms with Gasteiger partial charge in [0, 0.05) is 36.9 Å². The monoisotopic (exact) mass is 218 g/mol. The smallest absolute Gasteiger partial charge is 0.125 e. The first-order valence-electron chi connectivity index (χ1n) is 6.03. The van der Waals surface area contributed by atoms with Crippen LogP contribution in [0.15, 0.2) is 18.2 Å². The molecular weight excluding hydrogens is 200 g/mol. The van der Waals surface area contributed by atoms with Crippen molar-refractivity contribution in [2.75, 3.05) is 25.1 Å². The van der Waals surface area contributed by atoms with Crippen LogP contribution in [-0.4, -0.2) is 26.2 Å². The molecule has 2 aliphatic rings. The molecule has 1 aromatic rings. The van der Waals surface area contributed by atoms with Crippen LogP contribution >= 0.6 is 0 Å². The van der Waals surface area contributed by atoms with Gasteiger partial charge in [-0.05, 0) is 25.0 Å². The number of benzene rings is 1. The van der Waals surface area contributed by atoms with E-state index in [9.17, 15) is 0 Å². The van der Waals surface area contributed by atoms with Crippen LogP contribution in [0.2, 0.25) is 0 Å². The maximum atomic E-state index is 5.45. The summed E-state index contributed by atoms with van der Waals surface area (Å²) in [5.74, 6) is 1.01. The van der Waals surface area contributed by atoms with Gasteiger partial charge in [0.1, 0.15) is 5.75 Å². The number of ether oxygens (including phenoxy) is 1. The zero-order valence-electron chi connectivity index (χ0n) is 9.70. The van der Waals surface area contributed by atoms with Gasteiger partial charge in [0.25, 0.3) is 0 Å². The normalized spacial score (nSPS) is 20.2. The summed E-state index contributed by atoms with van der Waals surface area (Å²) in [6, 6.07) is 7.14. The molecule has 0 saturated heterocycles. The van der Waals surface area contributed by atoms with Crippen molar-refractivity contribution in [1.29, 1.82) is 0 Å². The van der Waals surface area contributed by atoms with Gasteiger partial charge >= 0.3 is 0 Å². The molecule has 0 spiro atoms. The highest BCUT2D eigenvalue weighted by Crippen LogP contribution is 2.37. The van der Waals surface area contributed by atoms with Gasteiger partial charge in [0.2, 0.25) is 0 Å². The number of rotatable bonds is 2. The minimum atomic E-state index is 0.769. The van der Waals surface area contributed by atoms with Crippen molar-refractivity contribution >= 4 is 5.69 Å². The van der Waals surface area contributed by atoms with Gasteiger partial charge in [-0.15, -0.1) is 0 Å². The number of nitrogens with one attached hydrogen (secondary N) is 1. The molecule has 16 heavy (non-hydrogen) atoms. The second kappa shape index (κ2) is 3.98. The zero-order chi connectivity index (χ0) is 11.0. The minimum Gasteiger partial charge on any atom is -0.496 e. The molecule has 1 saturated carbocycles. The second-order valence-corrected chi connectivity index (χ2v) is 4.56. The molecule has 1 N–H and O–H groups in total. The SMILES string of the molecule is COc1cccc2c1CNCCN2C1CC1. The lowest BCUT2D eigenvalue weighted by Gasteiger charge is -2.25. The molecule has 0 bridgehead atoms. The molecular formula is C13H18N2O. The van der Waals surface area contributed by atoms with E-state index in [1.165, 1.54) is 24.1 Å². The summed E-state index contributed by atoms with van der Waals surface area (Å²) >= 11 is 0. The number of anilines is 1. The Morgan fingerprint density at radius 2 is 2.25 bits per heavy atom. The summed E-state index contributed by atoms with van der Waals surface area (Å²) in [6.07, 6.45) is 2.69. The number of fused-ring (bicyclic) bond motifs is 1. The lowest BCUT2D eigenvalue weighted by Crippen LogP contribution is -2.30. The molecule has 3 nitrogen and oxygen atoms in total. The van der Waals surface area contributed by atoms with Crippen molar-refractivity contribution < 1.29 is 4.74 Å². The van der Waals surface area contributed by atoms with Crippen molar-refractivity contribution in [3.8, 4) is 5.75 Å². The van der Waals surface area contributed by atoms with Crippen molar-refractivity contribution in [2.24, 2.45) is 0 Å². The zero-order valence-corrected chi connectivity index (χ0v) is 9.70. The van der Waals surface area contributed by atoms with E-state index in [1.807, 2.05) is 0 Å². The topological polar surface area (TPSA) is 24.5 Å². The number of nitrogens with zero attached hydrogens (tertiary/aromatic N) is 1. The highest BCUT2D eigenvalue weighted by atomic mass is 16.5. The standard InChI is InChI=1S/C13H18N2O/c1-16-13-4-2-3-12-11(13)9-14-7-8-15(12)10-5-6-10/h2-4,10,14H,5-9H2,1H3. The highest BCUT2D eigenvalue weighted by molar-refractivity contribution is 5.61. The summed E-state index contributed by atoms with van der Waals surface area (Å²) < 4.78 is 5.45. The van der Waals surface area contributed by atoms with E-state index in [0.29, 0.717) is 0 Å². The molecule has 0 amide bonds. The van der Waals surface area contributed by atoms with E-state index >= 15 is 0 Å². The summed E-state index contributed by atoms with van der Waals surface area (Å²) in [5, 5.41) is 3.47. The molecule has 1 aliphatic heterocycles. The Balaban J connectivity index is 2.03. The van der Waals surface area contributed by atoms with E-state index in [4.69, 9.17) is 4.74 Å².